The van der Waals surface area contributed by atoms with E-state index in [1.54, 1.807) is 4.68 Å². The van der Waals surface area contributed by atoms with Gasteiger partial charge in [-0.05, 0) is 38.2 Å². The molecule has 130 valence electrons. The lowest BCUT2D eigenvalue weighted by atomic mass is 9.95. The van der Waals surface area contributed by atoms with Crippen LogP contribution < -0.4 is 5.32 Å². The van der Waals surface area contributed by atoms with Crippen molar-refractivity contribution in [2.75, 3.05) is 5.32 Å². The van der Waals surface area contributed by atoms with Gasteiger partial charge in [-0.15, -0.1) is 0 Å². The number of esters is 1. The molecule has 0 bridgehead atoms. The van der Waals surface area contributed by atoms with Crippen LogP contribution >= 0.6 is 0 Å². The van der Waals surface area contributed by atoms with Gasteiger partial charge in [-0.3, -0.25) is 0 Å². The standard InChI is InChI=1S/C19H22N4O2/c1-13-16(18(24)25-15-10-6-3-7-11-15)17(14-8-4-2-5-9-14)23-19(22-13)20-12-21-23/h2,4-5,8-9,12,15,17H,3,6-7,10-11H2,1H3,(H,20,21,22). The number of benzene rings is 1. The van der Waals surface area contributed by atoms with Gasteiger partial charge in [0, 0.05) is 5.70 Å². The normalized spacial score (nSPS) is 20.8. The smallest absolute Gasteiger partial charge is 0.338 e. The van der Waals surface area contributed by atoms with Crippen LogP contribution in [0.4, 0.5) is 5.95 Å². The van der Waals surface area contributed by atoms with E-state index in [9.17, 15) is 4.79 Å². The summed E-state index contributed by atoms with van der Waals surface area (Å²) in [6.07, 6.45) is 6.92. The minimum Gasteiger partial charge on any atom is -0.459 e. The van der Waals surface area contributed by atoms with Crippen LogP contribution in [-0.4, -0.2) is 26.8 Å². The Kier molecular flexibility index (Phi) is 4.26. The molecule has 1 aliphatic heterocycles. The van der Waals surface area contributed by atoms with Crippen molar-refractivity contribution in [1.29, 1.82) is 0 Å². The zero-order valence-corrected chi connectivity index (χ0v) is 14.3. The van der Waals surface area contributed by atoms with Gasteiger partial charge in [-0.1, -0.05) is 36.8 Å². The van der Waals surface area contributed by atoms with Crippen LogP contribution in [0.3, 0.4) is 0 Å². The Labute approximate surface area is 146 Å². The van der Waals surface area contributed by atoms with E-state index in [1.165, 1.54) is 12.7 Å². The van der Waals surface area contributed by atoms with Crippen LogP contribution in [0.15, 0.2) is 47.9 Å². The molecule has 6 heteroatoms. The van der Waals surface area contributed by atoms with Gasteiger partial charge in [0.15, 0.2) is 0 Å². The number of fused-ring (bicyclic) bond motifs is 1. The van der Waals surface area contributed by atoms with E-state index in [1.807, 2.05) is 37.3 Å². The van der Waals surface area contributed by atoms with Crippen LogP contribution in [0.25, 0.3) is 0 Å². The largest absolute Gasteiger partial charge is 0.459 e. The number of anilines is 1. The van der Waals surface area contributed by atoms with Crippen LogP contribution in [0.1, 0.15) is 50.6 Å². The van der Waals surface area contributed by atoms with E-state index in [0.29, 0.717) is 11.5 Å². The molecule has 0 spiro atoms. The van der Waals surface area contributed by atoms with Gasteiger partial charge in [0.05, 0.1) is 5.57 Å². The Hall–Kier alpha value is -2.63. The van der Waals surface area contributed by atoms with Crippen LogP contribution in [0.2, 0.25) is 0 Å². The first-order valence-electron chi connectivity index (χ1n) is 8.87. The second-order valence-corrected chi connectivity index (χ2v) is 6.67. The zero-order chi connectivity index (χ0) is 17.2. The van der Waals surface area contributed by atoms with Crippen molar-refractivity contribution >= 4 is 11.9 Å². The van der Waals surface area contributed by atoms with Gasteiger partial charge in [0.2, 0.25) is 5.95 Å². The van der Waals surface area contributed by atoms with Crippen molar-refractivity contribution in [3.05, 3.63) is 53.5 Å². The number of carbonyl (C=O) groups excluding carboxylic acids is 1. The predicted octanol–water partition coefficient (Wildman–Crippen LogP) is 3.44. The molecule has 1 atom stereocenters. The van der Waals surface area contributed by atoms with Crippen LogP contribution in [0.5, 0.6) is 0 Å². The molecule has 2 aromatic rings. The quantitative estimate of drug-likeness (QED) is 0.868. The number of hydrogen-bond donors (Lipinski definition) is 1. The number of hydrogen-bond acceptors (Lipinski definition) is 5. The Morgan fingerprint density at radius 1 is 1.20 bits per heavy atom. The summed E-state index contributed by atoms with van der Waals surface area (Å²) in [5.74, 6) is 0.382. The summed E-state index contributed by atoms with van der Waals surface area (Å²) in [5, 5.41) is 7.51. The molecule has 0 amide bonds. The SMILES string of the molecule is CC1=C(C(=O)OC2CCCCC2)C(c2ccccc2)n2ncnc2N1. The van der Waals surface area contributed by atoms with Gasteiger partial charge in [0.1, 0.15) is 18.5 Å². The molecule has 1 fully saturated rings. The molecule has 6 nitrogen and oxygen atoms in total. The Morgan fingerprint density at radius 3 is 2.72 bits per heavy atom. The Balaban J connectivity index is 1.69. The van der Waals surface area contributed by atoms with Gasteiger partial charge < -0.3 is 10.1 Å². The predicted molar refractivity (Wildman–Crippen MR) is 93.9 cm³/mol. The maximum atomic E-state index is 13.0. The highest BCUT2D eigenvalue weighted by molar-refractivity contribution is 5.92. The average Bonchev–Trinajstić information content (AvgIpc) is 3.10. The van der Waals surface area contributed by atoms with E-state index < -0.39 is 0 Å². The molecular weight excluding hydrogens is 316 g/mol. The van der Waals surface area contributed by atoms with Crippen molar-refractivity contribution in [2.24, 2.45) is 0 Å². The van der Waals surface area contributed by atoms with Crippen LogP contribution in [0, 0.1) is 0 Å². The molecule has 1 saturated carbocycles. The average molecular weight is 338 g/mol. The summed E-state index contributed by atoms with van der Waals surface area (Å²) >= 11 is 0. The Morgan fingerprint density at radius 2 is 1.96 bits per heavy atom. The number of nitrogens with one attached hydrogen (secondary N) is 1. The van der Waals surface area contributed by atoms with Crippen LogP contribution in [-0.2, 0) is 9.53 Å². The third kappa shape index (κ3) is 3.04. The Bertz CT molecular complexity index is 791. The summed E-state index contributed by atoms with van der Waals surface area (Å²) in [7, 11) is 0. The van der Waals surface area contributed by atoms with E-state index in [2.05, 4.69) is 15.4 Å². The topological polar surface area (TPSA) is 69.0 Å². The summed E-state index contributed by atoms with van der Waals surface area (Å²) in [4.78, 5) is 17.3. The lowest BCUT2D eigenvalue weighted by Gasteiger charge is -2.30. The fourth-order valence-electron chi connectivity index (χ4n) is 3.70. The first-order valence-corrected chi connectivity index (χ1v) is 8.87. The number of ether oxygens (including phenoxy) is 1. The molecule has 1 aromatic carbocycles. The fourth-order valence-corrected chi connectivity index (χ4v) is 3.70. The summed E-state index contributed by atoms with van der Waals surface area (Å²) in [5.41, 5.74) is 2.37. The first-order chi connectivity index (χ1) is 12.2. The second kappa shape index (κ2) is 6.70. The highest BCUT2D eigenvalue weighted by Gasteiger charge is 2.35. The molecular formula is C19H22N4O2. The summed E-state index contributed by atoms with van der Waals surface area (Å²) in [6, 6.07) is 9.58. The van der Waals surface area contributed by atoms with Gasteiger partial charge >= 0.3 is 5.97 Å². The molecule has 1 unspecified atom stereocenters. The number of nitrogens with zero attached hydrogens (tertiary/aromatic N) is 3. The zero-order valence-electron chi connectivity index (χ0n) is 14.3. The first kappa shape index (κ1) is 15.9. The lowest BCUT2D eigenvalue weighted by Crippen LogP contribution is -2.31. The maximum Gasteiger partial charge on any atom is 0.338 e. The fraction of sp³-hybridized carbons (Fsp3) is 0.421. The molecule has 25 heavy (non-hydrogen) atoms. The minimum atomic E-state index is -0.323. The lowest BCUT2D eigenvalue weighted by molar-refractivity contribution is -0.146. The molecule has 0 radical (unpaired) electrons. The van der Waals surface area contributed by atoms with Crippen molar-refractivity contribution in [3.8, 4) is 0 Å². The third-order valence-electron chi connectivity index (χ3n) is 4.96. The number of aromatic nitrogens is 3. The highest BCUT2D eigenvalue weighted by Crippen LogP contribution is 2.35. The molecule has 2 heterocycles. The highest BCUT2D eigenvalue weighted by atomic mass is 16.5. The maximum absolute atomic E-state index is 13.0. The van der Waals surface area contributed by atoms with E-state index in [0.717, 1.165) is 36.9 Å². The third-order valence-corrected chi connectivity index (χ3v) is 4.96. The number of allylic oxidation sites excluding steroid dienone is 1. The van der Waals surface area contributed by atoms with E-state index in [-0.39, 0.29) is 18.1 Å². The van der Waals surface area contributed by atoms with Gasteiger partial charge in [-0.2, -0.15) is 10.1 Å². The second-order valence-electron chi connectivity index (χ2n) is 6.67. The van der Waals surface area contributed by atoms with E-state index >= 15 is 0 Å². The molecule has 4 rings (SSSR count). The van der Waals surface area contributed by atoms with E-state index in [4.69, 9.17) is 4.74 Å². The monoisotopic (exact) mass is 338 g/mol. The van der Waals surface area contributed by atoms with Gasteiger partial charge in [-0.25, -0.2) is 9.48 Å². The molecule has 2 aliphatic rings. The minimum absolute atomic E-state index is 0.0233. The van der Waals surface area contributed by atoms with Crippen molar-refractivity contribution in [3.63, 3.8) is 0 Å². The van der Waals surface area contributed by atoms with Crippen molar-refractivity contribution in [1.82, 2.24) is 14.8 Å². The summed E-state index contributed by atoms with van der Waals surface area (Å²) in [6.45, 7) is 1.89. The molecule has 1 N–H and O–H groups in total. The number of carbonyl (C=O) groups is 1. The molecule has 1 aromatic heterocycles. The summed E-state index contributed by atoms with van der Waals surface area (Å²) < 4.78 is 7.60. The molecule has 0 saturated heterocycles. The molecule has 1 aliphatic carbocycles. The van der Waals surface area contributed by atoms with Crippen molar-refractivity contribution < 1.29 is 9.53 Å². The van der Waals surface area contributed by atoms with Gasteiger partial charge in [0.25, 0.3) is 0 Å². The number of rotatable bonds is 3. The van der Waals surface area contributed by atoms with Crippen molar-refractivity contribution in [2.45, 2.75) is 51.2 Å².